The Hall–Kier alpha value is -1.88. The van der Waals surface area contributed by atoms with Crippen LogP contribution in [0.15, 0.2) is 54.6 Å². The number of quaternary nitrogens is 1. The van der Waals surface area contributed by atoms with E-state index in [0.29, 0.717) is 0 Å². The summed E-state index contributed by atoms with van der Waals surface area (Å²) >= 11 is 0. The van der Waals surface area contributed by atoms with Gasteiger partial charge in [0.05, 0.1) is 38.4 Å². The van der Waals surface area contributed by atoms with E-state index in [1.54, 1.807) is 0 Å². The Balaban J connectivity index is 1.68. The number of benzene rings is 2. The van der Waals surface area contributed by atoms with Crippen molar-refractivity contribution in [3.63, 3.8) is 0 Å². The predicted molar refractivity (Wildman–Crippen MR) is 112 cm³/mol. The van der Waals surface area contributed by atoms with Crippen LogP contribution >= 0.6 is 0 Å². The maximum absolute atomic E-state index is 11.2. The lowest BCUT2D eigenvalue weighted by Gasteiger charge is -2.30. The van der Waals surface area contributed by atoms with E-state index in [4.69, 9.17) is 9.47 Å². The summed E-state index contributed by atoms with van der Waals surface area (Å²) in [5.41, 5.74) is 2.14. The average molecular weight is 385 g/mol. The maximum Gasteiger partial charge on any atom is 0.119 e. The fourth-order valence-corrected chi connectivity index (χ4v) is 3.82. The van der Waals surface area contributed by atoms with E-state index in [1.165, 1.54) is 23.3 Å². The van der Waals surface area contributed by atoms with Crippen molar-refractivity contribution in [1.82, 2.24) is 0 Å². The molecule has 0 unspecified atom stereocenters. The lowest BCUT2D eigenvalue weighted by molar-refractivity contribution is -0.909. The molecule has 0 radical (unpaired) electrons. The number of aliphatic hydroxyl groups is 1. The Labute approximate surface area is 169 Å². The van der Waals surface area contributed by atoms with Gasteiger partial charge in [0, 0.05) is 0 Å². The minimum atomic E-state index is -0.535. The molecule has 4 nitrogen and oxygen atoms in total. The fourth-order valence-electron chi connectivity index (χ4n) is 3.82. The molecule has 28 heavy (non-hydrogen) atoms. The quantitative estimate of drug-likeness (QED) is 0.619. The monoisotopic (exact) mass is 384 g/mol. The highest BCUT2D eigenvalue weighted by Gasteiger charge is 2.28. The van der Waals surface area contributed by atoms with E-state index in [2.05, 4.69) is 31.2 Å². The molecule has 0 bridgehead atoms. The first-order valence-corrected chi connectivity index (χ1v) is 10.6. The van der Waals surface area contributed by atoms with Gasteiger partial charge in [-0.1, -0.05) is 62.2 Å². The lowest BCUT2D eigenvalue weighted by atomic mass is 9.88. The highest BCUT2D eigenvalue weighted by Crippen LogP contribution is 2.31. The van der Waals surface area contributed by atoms with Crippen LogP contribution in [0.2, 0.25) is 0 Å². The molecule has 0 aromatic heterocycles. The number of hydrogen-bond acceptors (Lipinski definition) is 3. The largest absolute Gasteiger partial charge is 0.494 e. The zero-order valence-corrected chi connectivity index (χ0v) is 17.0. The summed E-state index contributed by atoms with van der Waals surface area (Å²) in [6.45, 7) is 7.46. The van der Waals surface area contributed by atoms with E-state index in [9.17, 15) is 5.11 Å². The molecule has 0 spiro atoms. The molecule has 1 fully saturated rings. The Morgan fingerprint density at radius 3 is 2.36 bits per heavy atom. The van der Waals surface area contributed by atoms with E-state index in [-0.39, 0.29) is 5.92 Å². The SMILES string of the molecule is CCCCCOc1ccc([C@@H](O)[C@H](C[NH+]2CCOCC2)c2ccccc2)cc1. The van der Waals surface area contributed by atoms with E-state index in [1.807, 2.05) is 30.3 Å². The molecule has 2 atom stereocenters. The molecule has 1 aliphatic rings. The number of rotatable bonds is 10. The Kier molecular flexibility index (Phi) is 8.34. The van der Waals surface area contributed by atoms with Crippen LogP contribution in [-0.2, 0) is 4.74 Å². The molecule has 2 aromatic carbocycles. The number of nitrogens with one attached hydrogen (secondary N) is 1. The van der Waals surface area contributed by atoms with Gasteiger partial charge in [0.1, 0.15) is 18.8 Å². The van der Waals surface area contributed by atoms with Gasteiger partial charge in [0.25, 0.3) is 0 Å². The maximum atomic E-state index is 11.2. The third-order valence-electron chi connectivity index (χ3n) is 5.56. The molecule has 2 aromatic rings. The van der Waals surface area contributed by atoms with Crippen LogP contribution in [0.5, 0.6) is 5.75 Å². The van der Waals surface area contributed by atoms with E-state index >= 15 is 0 Å². The van der Waals surface area contributed by atoms with E-state index in [0.717, 1.165) is 57.2 Å². The number of aliphatic hydroxyl groups excluding tert-OH is 1. The molecule has 1 aliphatic heterocycles. The van der Waals surface area contributed by atoms with Gasteiger partial charge in [-0.2, -0.15) is 0 Å². The van der Waals surface area contributed by atoms with E-state index < -0.39 is 6.10 Å². The summed E-state index contributed by atoms with van der Waals surface area (Å²) < 4.78 is 11.3. The zero-order valence-electron chi connectivity index (χ0n) is 17.0. The molecule has 3 rings (SSSR count). The minimum absolute atomic E-state index is 0.0608. The summed E-state index contributed by atoms with van der Waals surface area (Å²) in [6.07, 6.45) is 2.94. The molecule has 2 N–H and O–H groups in total. The smallest absolute Gasteiger partial charge is 0.119 e. The summed E-state index contributed by atoms with van der Waals surface area (Å²) in [5.74, 6) is 0.938. The summed E-state index contributed by atoms with van der Waals surface area (Å²) in [6, 6.07) is 18.3. The Bertz CT molecular complexity index is 668. The molecule has 1 heterocycles. The van der Waals surface area contributed by atoms with Crippen LogP contribution < -0.4 is 9.64 Å². The third kappa shape index (κ3) is 6.06. The third-order valence-corrected chi connectivity index (χ3v) is 5.56. The highest BCUT2D eigenvalue weighted by atomic mass is 16.5. The first kappa shape index (κ1) is 20.8. The Morgan fingerprint density at radius 1 is 0.964 bits per heavy atom. The second-order valence-electron chi connectivity index (χ2n) is 7.65. The number of morpholine rings is 1. The van der Waals surface area contributed by atoms with Gasteiger partial charge < -0.3 is 19.5 Å². The minimum Gasteiger partial charge on any atom is -0.494 e. The lowest BCUT2D eigenvalue weighted by Crippen LogP contribution is -3.14. The Morgan fingerprint density at radius 2 is 1.68 bits per heavy atom. The fraction of sp³-hybridized carbons (Fsp3) is 0.500. The van der Waals surface area contributed by atoms with Crippen molar-refractivity contribution < 1.29 is 19.5 Å². The van der Waals surface area contributed by atoms with Crippen molar-refractivity contribution in [2.45, 2.75) is 38.2 Å². The molecule has 0 saturated carbocycles. The topological polar surface area (TPSA) is 43.1 Å². The second kappa shape index (κ2) is 11.2. The average Bonchev–Trinajstić information content (AvgIpc) is 2.76. The van der Waals surface area contributed by atoms with Crippen molar-refractivity contribution in [1.29, 1.82) is 0 Å². The van der Waals surface area contributed by atoms with Crippen LogP contribution in [-0.4, -0.2) is 44.6 Å². The molecule has 0 aliphatic carbocycles. The van der Waals surface area contributed by atoms with Gasteiger partial charge in [-0.05, 0) is 29.7 Å². The second-order valence-corrected chi connectivity index (χ2v) is 7.65. The molecular formula is C24H34NO3+. The summed E-state index contributed by atoms with van der Waals surface area (Å²) in [5, 5.41) is 11.2. The van der Waals surface area contributed by atoms with Gasteiger partial charge >= 0.3 is 0 Å². The van der Waals surface area contributed by atoms with Crippen LogP contribution in [0.3, 0.4) is 0 Å². The normalized spacial score (nSPS) is 17.2. The predicted octanol–water partition coefficient (Wildman–Crippen LogP) is 2.99. The van der Waals surface area contributed by atoms with Gasteiger partial charge in [-0.3, -0.25) is 0 Å². The van der Waals surface area contributed by atoms with Crippen LogP contribution in [0.4, 0.5) is 0 Å². The van der Waals surface area contributed by atoms with Crippen molar-refractivity contribution >= 4 is 0 Å². The highest BCUT2D eigenvalue weighted by molar-refractivity contribution is 5.31. The first-order chi connectivity index (χ1) is 13.8. The van der Waals surface area contributed by atoms with Crippen LogP contribution in [0.25, 0.3) is 0 Å². The van der Waals surface area contributed by atoms with Gasteiger partial charge in [-0.15, -0.1) is 0 Å². The van der Waals surface area contributed by atoms with Gasteiger partial charge in [0.2, 0.25) is 0 Å². The van der Waals surface area contributed by atoms with Crippen LogP contribution in [0, 0.1) is 0 Å². The number of unbranched alkanes of at least 4 members (excludes halogenated alkanes) is 2. The first-order valence-electron chi connectivity index (χ1n) is 10.6. The molecule has 0 amide bonds. The zero-order chi connectivity index (χ0) is 19.6. The van der Waals surface area contributed by atoms with Crippen molar-refractivity contribution in [2.24, 2.45) is 0 Å². The summed E-state index contributed by atoms with van der Waals surface area (Å²) in [7, 11) is 0. The molecule has 152 valence electrons. The standard InChI is InChI=1S/C24H33NO3/c1-2-3-7-16-28-22-12-10-21(11-13-22)24(26)23(20-8-5-4-6-9-20)19-25-14-17-27-18-15-25/h4-6,8-13,23-24,26H,2-3,7,14-19H2,1H3/p+1/t23-,24-/m1/s1. The van der Waals surface area contributed by atoms with Crippen LogP contribution in [0.1, 0.15) is 49.3 Å². The van der Waals surface area contributed by atoms with Crippen molar-refractivity contribution in [2.75, 3.05) is 39.5 Å². The molecule has 4 heteroatoms. The number of ether oxygens (including phenoxy) is 2. The van der Waals surface area contributed by atoms with Crippen molar-refractivity contribution in [3.8, 4) is 5.75 Å². The van der Waals surface area contributed by atoms with Crippen molar-refractivity contribution in [3.05, 3.63) is 65.7 Å². The van der Waals surface area contributed by atoms with Gasteiger partial charge in [0.15, 0.2) is 0 Å². The molecule has 1 saturated heterocycles. The van der Waals surface area contributed by atoms with Gasteiger partial charge in [-0.25, -0.2) is 0 Å². The number of hydrogen-bond donors (Lipinski definition) is 2. The summed E-state index contributed by atoms with van der Waals surface area (Å²) in [4.78, 5) is 1.50. The molecular weight excluding hydrogens is 350 g/mol.